The lowest BCUT2D eigenvalue weighted by Crippen LogP contribution is -2.59. The van der Waals surface area contributed by atoms with Crippen molar-refractivity contribution >= 4 is 17.7 Å². The first kappa shape index (κ1) is 30.8. The van der Waals surface area contributed by atoms with Crippen LogP contribution < -0.4 is 16.0 Å². The second-order valence-corrected chi connectivity index (χ2v) is 11.3. The predicted molar refractivity (Wildman–Crippen MR) is 149 cm³/mol. The Morgan fingerprint density at radius 2 is 1.86 bits per heavy atom. The van der Waals surface area contributed by atoms with Gasteiger partial charge in [-0.25, -0.2) is 0 Å². The first-order valence-electron chi connectivity index (χ1n) is 13.9. The summed E-state index contributed by atoms with van der Waals surface area (Å²) in [6.45, 7) is 12.7. The summed E-state index contributed by atoms with van der Waals surface area (Å²) < 4.78 is 0. The Morgan fingerprint density at radius 1 is 1.16 bits per heavy atom. The Balaban J connectivity index is 2.15. The first-order valence-corrected chi connectivity index (χ1v) is 13.9. The number of hydrogen-bond donors (Lipinski definition) is 3. The minimum atomic E-state index is -0.638. The van der Waals surface area contributed by atoms with E-state index in [0.29, 0.717) is 26.2 Å². The molecule has 1 aromatic carbocycles. The number of likely N-dealkylation sites (N-methyl/N-ethyl adjacent to an activating group) is 1. The molecule has 0 saturated carbocycles. The van der Waals surface area contributed by atoms with Crippen LogP contribution in [-0.4, -0.2) is 85.4 Å². The molecular weight excluding hydrogens is 466 g/mol. The molecule has 1 heterocycles. The molecule has 0 radical (unpaired) electrons. The molecule has 0 spiro atoms. The number of unbranched alkanes of at least 4 members (excludes halogenated alkanes) is 1. The molecule has 3 atom stereocenters. The molecule has 37 heavy (non-hydrogen) atoms. The third kappa shape index (κ3) is 9.74. The maximum absolute atomic E-state index is 13.8. The highest BCUT2D eigenvalue weighted by molar-refractivity contribution is 5.90. The molecule has 1 aliphatic heterocycles. The van der Waals surface area contributed by atoms with Gasteiger partial charge < -0.3 is 25.8 Å². The summed E-state index contributed by atoms with van der Waals surface area (Å²) in [7, 11) is 1.73. The highest BCUT2D eigenvalue weighted by atomic mass is 16.2. The maximum Gasteiger partial charge on any atom is 0.246 e. The smallest absolute Gasteiger partial charge is 0.246 e. The number of rotatable bonds is 14. The SMILES string of the molecule is CCCCNCC(=O)N(CCc1ccccc1)C[C@@H]1CCCN1C(=O)[C@@H](NC(=O)[C@H](C)NC)C(C)(C)C. The van der Waals surface area contributed by atoms with Crippen molar-refractivity contribution in [2.24, 2.45) is 5.41 Å². The molecule has 1 aromatic rings. The highest BCUT2D eigenvalue weighted by Gasteiger charge is 2.40. The van der Waals surface area contributed by atoms with Crippen molar-refractivity contribution in [3.8, 4) is 0 Å². The third-order valence-corrected chi connectivity index (χ3v) is 7.17. The van der Waals surface area contributed by atoms with Crippen LogP contribution in [0.15, 0.2) is 30.3 Å². The van der Waals surface area contributed by atoms with Crippen molar-refractivity contribution in [2.75, 3.05) is 39.8 Å². The van der Waals surface area contributed by atoms with Gasteiger partial charge in [0.25, 0.3) is 0 Å². The molecule has 0 unspecified atom stereocenters. The third-order valence-electron chi connectivity index (χ3n) is 7.17. The van der Waals surface area contributed by atoms with Crippen LogP contribution in [0.25, 0.3) is 0 Å². The van der Waals surface area contributed by atoms with Gasteiger partial charge >= 0.3 is 0 Å². The standard InChI is InChI=1S/C29H49N5O3/c1-7-8-17-31-20-25(35)33(19-16-23-13-10-9-11-14-23)21-24-15-12-18-34(24)28(37)26(29(3,4)5)32-27(36)22(2)30-6/h9-11,13-14,22,24,26,30-31H,7-8,12,15-21H2,1-6H3,(H,32,36)/t22-,24-,26+/m0/s1. The fourth-order valence-electron chi connectivity index (χ4n) is 4.62. The van der Waals surface area contributed by atoms with Crippen molar-refractivity contribution in [1.82, 2.24) is 25.8 Å². The lowest BCUT2D eigenvalue weighted by atomic mass is 9.85. The molecule has 1 saturated heterocycles. The van der Waals surface area contributed by atoms with Gasteiger partial charge in [0.05, 0.1) is 12.6 Å². The van der Waals surface area contributed by atoms with Gasteiger partial charge in [0.1, 0.15) is 6.04 Å². The van der Waals surface area contributed by atoms with Crippen molar-refractivity contribution in [1.29, 1.82) is 0 Å². The van der Waals surface area contributed by atoms with Crippen LogP contribution in [0.5, 0.6) is 0 Å². The number of hydrogen-bond acceptors (Lipinski definition) is 5. The monoisotopic (exact) mass is 515 g/mol. The van der Waals surface area contributed by atoms with Crippen molar-refractivity contribution in [3.63, 3.8) is 0 Å². The normalized spacial score (nSPS) is 17.4. The van der Waals surface area contributed by atoms with E-state index in [1.165, 1.54) is 5.56 Å². The summed E-state index contributed by atoms with van der Waals surface area (Å²) in [5.41, 5.74) is 0.743. The Kier molecular flexibility index (Phi) is 12.5. The van der Waals surface area contributed by atoms with E-state index in [1.807, 2.05) is 48.8 Å². The first-order chi connectivity index (χ1) is 17.6. The van der Waals surface area contributed by atoms with E-state index in [4.69, 9.17) is 0 Å². The molecule has 208 valence electrons. The maximum atomic E-state index is 13.8. The second kappa shape index (κ2) is 15.1. The number of carbonyl (C=O) groups is 3. The number of likely N-dealkylation sites (tertiary alicyclic amines) is 1. The molecule has 0 aliphatic carbocycles. The minimum Gasteiger partial charge on any atom is -0.342 e. The van der Waals surface area contributed by atoms with Gasteiger partial charge in [-0.1, -0.05) is 64.4 Å². The van der Waals surface area contributed by atoms with Crippen molar-refractivity contribution in [3.05, 3.63) is 35.9 Å². The molecule has 0 bridgehead atoms. The molecule has 2 rings (SSSR count). The Bertz CT molecular complexity index is 855. The largest absolute Gasteiger partial charge is 0.342 e. The lowest BCUT2D eigenvalue weighted by molar-refractivity contribution is -0.142. The quantitative estimate of drug-likeness (QED) is 0.331. The summed E-state index contributed by atoms with van der Waals surface area (Å²) in [6, 6.07) is 9.09. The molecule has 3 amide bonds. The molecular formula is C29H49N5O3. The van der Waals surface area contributed by atoms with Crippen LogP contribution in [0.3, 0.4) is 0 Å². The Morgan fingerprint density at radius 3 is 2.49 bits per heavy atom. The van der Waals surface area contributed by atoms with E-state index in [0.717, 1.165) is 38.6 Å². The molecule has 1 aliphatic rings. The van der Waals surface area contributed by atoms with Crippen LogP contribution in [0, 0.1) is 5.41 Å². The fraction of sp³-hybridized carbons (Fsp3) is 0.690. The van der Waals surface area contributed by atoms with E-state index in [-0.39, 0.29) is 23.8 Å². The van der Waals surface area contributed by atoms with Crippen molar-refractivity contribution < 1.29 is 14.4 Å². The molecule has 1 fully saturated rings. The van der Waals surface area contributed by atoms with Gasteiger partial charge in [-0.3, -0.25) is 14.4 Å². The van der Waals surface area contributed by atoms with Crippen LogP contribution in [-0.2, 0) is 20.8 Å². The van der Waals surface area contributed by atoms with E-state index in [1.54, 1.807) is 14.0 Å². The zero-order valence-electron chi connectivity index (χ0n) is 23.8. The number of amides is 3. The number of nitrogens with one attached hydrogen (secondary N) is 3. The molecule has 3 N–H and O–H groups in total. The highest BCUT2D eigenvalue weighted by Crippen LogP contribution is 2.26. The minimum absolute atomic E-state index is 0.0636. The number of benzene rings is 1. The lowest BCUT2D eigenvalue weighted by Gasteiger charge is -2.37. The van der Waals surface area contributed by atoms with Crippen molar-refractivity contribution in [2.45, 2.75) is 84.8 Å². The fourth-order valence-corrected chi connectivity index (χ4v) is 4.62. The number of carbonyl (C=O) groups excluding carboxylic acids is 3. The average molecular weight is 516 g/mol. The van der Waals surface area contributed by atoms with Gasteiger partial charge in [-0.05, 0) is 57.2 Å². The topological polar surface area (TPSA) is 93.8 Å². The van der Waals surface area contributed by atoms with E-state index in [9.17, 15) is 14.4 Å². The molecule has 8 nitrogen and oxygen atoms in total. The van der Waals surface area contributed by atoms with Crippen LogP contribution in [0.2, 0.25) is 0 Å². The summed E-state index contributed by atoms with van der Waals surface area (Å²) >= 11 is 0. The van der Waals surface area contributed by atoms with Crippen LogP contribution in [0.1, 0.15) is 65.9 Å². The van der Waals surface area contributed by atoms with E-state index in [2.05, 4.69) is 35.0 Å². The molecule has 8 heteroatoms. The molecule has 0 aromatic heterocycles. The van der Waals surface area contributed by atoms with E-state index >= 15 is 0 Å². The number of nitrogens with zero attached hydrogens (tertiary/aromatic N) is 2. The van der Waals surface area contributed by atoms with Gasteiger partial charge in [0.15, 0.2) is 0 Å². The van der Waals surface area contributed by atoms with Gasteiger partial charge in [-0.15, -0.1) is 0 Å². The van der Waals surface area contributed by atoms with Crippen LogP contribution >= 0.6 is 0 Å². The Hall–Kier alpha value is -2.45. The van der Waals surface area contributed by atoms with Gasteiger partial charge in [0.2, 0.25) is 17.7 Å². The summed E-state index contributed by atoms with van der Waals surface area (Å²) in [5.74, 6) is -0.192. The second-order valence-electron chi connectivity index (χ2n) is 11.3. The summed E-state index contributed by atoms with van der Waals surface area (Å²) in [6.07, 6.45) is 4.63. The van der Waals surface area contributed by atoms with Crippen LogP contribution in [0.4, 0.5) is 0 Å². The van der Waals surface area contributed by atoms with Gasteiger partial charge in [-0.2, -0.15) is 0 Å². The zero-order chi connectivity index (χ0) is 27.4. The summed E-state index contributed by atoms with van der Waals surface area (Å²) in [5, 5.41) is 9.20. The average Bonchev–Trinajstić information content (AvgIpc) is 3.34. The van der Waals surface area contributed by atoms with Gasteiger partial charge in [0, 0.05) is 25.7 Å². The zero-order valence-corrected chi connectivity index (χ0v) is 23.8. The van der Waals surface area contributed by atoms with E-state index < -0.39 is 17.5 Å². The predicted octanol–water partition coefficient (Wildman–Crippen LogP) is 2.58. The Labute approximate surface area is 223 Å². The summed E-state index contributed by atoms with van der Waals surface area (Å²) in [4.78, 5) is 43.5.